The summed E-state index contributed by atoms with van der Waals surface area (Å²) >= 11 is 0. The summed E-state index contributed by atoms with van der Waals surface area (Å²) in [5, 5.41) is 6.64. The van der Waals surface area contributed by atoms with Gasteiger partial charge in [0.1, 0.15) is 11.6 Å². The predicted molar refractivity (Wildman–Crippen MR) is 113 cm³/mol. The molecule has 1 aliphatic rings. The fourth-order valence-electron chi connectivity index (χ4n) is 3.23. The molecule has 8 nitrogen and oxygen atoms in total. The van der Waals surface area contributed by atoms with Gasteiger partial charge in [-0.1, -0.05) is 6.07 Å². The molecule has 0 atom stereocenters. The van der Waals surface area contributed by atoms with Crippen molar-refractivity contribution in [1.82, 2.24) is 25.2 Å². The zero-order valence-corrected chi connectivity index (χ0v) is 17.4. The fraction of sp³-hybridized carbons (Fsp3) is 0.571. The highest BCUT2D eigenvalue weighted by atomic mass is 16.5. The molecule has 0 spiro atoms. The molecule has 158 valence electrons. The van der Waals surface area contributed by atoms with Gasteiger partial charge in [0.15, 0.2) is 5.96 Å². The summed E-state index contributed by atoms with van der Waals surface area (Å²) in [6.07, 6.45) is 8.75. The van der Waals surface area contributed by atoms with Crippen LogP contribution in [0.25, 0.3) is 5.82 Å². The van der Waals surface area contributed by atoms with Crippen molar-refractivity contribution in [2.75, 3.05) is 40.0 Å². The summed E-state index contributed by atoms with van der Waals surface area (Å²) in [6.45, 7) is 6.81. The summed E-state index contributed by atoms with van der Waals surface area (Å²) in [5.41, 5.74) is 1.09. The van der Waals surface area contributed by atoms with E-state index < -0.39 is 0 Å². The van der Waals surface area contributed by atoms with E-state index in [4.69, 9.17) is 9.47 Å². The van der Waals surface area contributed by atoms with Gasteiger partial charge in [0.05, 0.1) is 0 Å². The molecule has 0 bridgehead atoms. The first-order valence-electron chi connectivity index (χ1n) is 10.3. The molecule has 2 N–H and O–H groups in total. The summed E-state index contributed by atoms with van der Waals surface area (Å²) < 4.78 is 13.1. The molecule has 8 heteroatoms. The monoisotopic (exact) mass is 400 g/mol. The molecule has 0 aliphatic carbocycles. The van der Waals surface area contributed by atoms with E-state index in [0.717, 1.165) is 75.4 Å². The van der Waals surface area contributed by atoms with E-state index in [0.29, 0.717) is 12.5 Å². The van der Waals surface area contributed by atoms with Crippen LogP contribution in [0.2, 0.25) is 0 Å². The Morgan fingerprint density at radius 1 is 1.28 bits per heavy atom. The molecule has 2 aromatic rings. The summed E-state index contributed by atoms with van der Waals surface area (Å²) in [7, 11) is 1.78. The van der Waals surface area contributed by atoms with Gasteiger partial charge in [0, 0.05) is 65.2 Å². The summed E-state index contributed by atoms with van der Waals surface area (Å²) in [5.74, 6) is 3.23. The molecule has 1 fully saturated rings. The number of hydrogen-bond acceptors (Lipinski definition) is 5. The second-order valence-corrected chi connectivity index (χ2v) is 7.21. The van der Waals surface area contributed by atoms with Gasteiger partial charge in [-0.05, 0) is 43.7 Å². The molecule has 0 aromatic carbocycles. The van der Waals surface area contributed by atoms with Crippen molar-refractivity contribution in [2.24, 2.45) is 10.9 Å². The van der Waals surface area contributed by atoms with Gasteiger partial charge in [-0.2, -0.15) is 0 Å². The molecular formula is C21H32N6O2. The summed E-state index contributed by atoms with van der Waals surface area (Å²) in [4.78, 5) is 13.0. The van der Waals surface area contributed by atoms with Gasteiger partial charge in [0.25, 0.3) is 0 Å². The second-order valence-electron chi connectivity index (χ2n) is 7.21. The molecule has 3 heterocycles. The standard InChI is InChI=1S/C21H32N6O2/c1-17-23-9-10-27(17)20-5-4-19(14-25-20)15-26-21(22-2)24-8-3-11-29-16-18-6-12-28-13-7-18/h4-5,9-10,14,18H,3,6-8,11-13,15-16H2,1-2H3,(H2,22,24,26). The van der Waals surface area contributed by atoms with Gasteiger partial charge >= 0.3 is 0 Å². The lowest BCUT2D eigenvalue weighted by molar-refractivity contribution is 0.0203. The highest BCUT2D eigenvalue weighted by Crippen LogP contribution is 2.14. The molecule has 0 unspecified atom stereocenters. The Labute approximate surface area is 172 Å². The quantitative estimate of drug-likeness (QED) is 0.381. The molecular weight excluding hydrogens is 368 g/mol. The highest BCUT2D eigenvalue weighted by molar-refractivity contribution is 5.79. The smallest absolute Gasteiger partial charge is 0.191 e. The number of hydrogen-bond donors (Lipinski definition) is 2. The third kappa shape index (κ3) is 6.83. The molecule has 1 saturated heterocycles. The van der Waals surface area contributed by atoms with Crippen LogP contribution >= 0.6 is 0 Å². The number of guanidine groups is 1. The number of aliphatic imine (C=N–C) groups is 1. The lowest BCUT2D eigenvalue weighted by Crippen LogP contribution is -2.37. The number of nitrogens with zero attached hydrogens (tertiary/aromatic N) is 4. The van der Waals surface area contributed by atoms with Crippen LogP contribution in [-0.2, 0) is 16.0 Å². The van der Waals surface area contributed by atoms with Gasteiger partial charge < -0.3 is 20.1 Å². The van der Waals surface area contributed by atoms with Crippen LogP contribution in [0.15, 0.2) is 35.7 Å². The maximum atomic E-state index is 5.80. The van der Waals surface area contributed by atoms with Crippen LogP contribution in [0.1, 0.15) is 30.7 Å². The fourth-order valence-corrected chi connectivity index (χ4v) is 3.23. The zero-order valence-electron chi connectivity index (χ0n) is 17.4. The molecule has 0 saturated carbocycles. The predicted octanol–water partition coefficient (Wildman–Crippen LogP) is 2.07. The van der Waals surface area contributed by atoms with Crippen molar-refractivity contribution < 1.29 is 9.47 Å². The Bertz CT molecular complexity index is 753. The normalized spacial score (nSPS) is 15.4. The molecule has 3 rings (SSSR count). The van der Waals surface area contributed by atoms with Crippen LogP contribution in [0.5, 0.6) is 0 Å². The van der Waals surface area contributed by atoms with Crippen LogP contribution in [-0.4, -0.2) is 60.5 Å². The third-order valence-electron chi connectivity index (χ3n) is 5.02. The largest absolute Gasteiger partial charge is 0.381 e. The minimum absolute atomic E-state index is 0.656. The number of aryl methyl sites for hydroxylation is 1. The molecule has 2 aromatic heterocycles. The van der Waals surface area contributed by atoms with Gasteiger partial charge in [-0.3, -0.25) is 9.56 Å². The van der Waals surface area contributed by atoms with Crippen molar-refractivity contribution in [1.29, 1.82) is 0 Å². The lowest BCUT2D eigenvalue weighted by atomic mass is 10.0. The Kier molecular flexibility index (Phi) is 8.45. The van der Waals surface area contributed by atoms with Crippen LogP contribution in [0.4, 0.5) is 0 Å². The van der Waals surface area contributed by atoms with Crippen LogP contribution in [0, 0.1) is 12.8 Å². The molecule has 1 aliphatic heterocycles. The van der Waals surface area contributed by atoms with Crippen molar-refractivity contribution in [3.63, 3.8) is 0 Å². The van der Waals surface area contributed by atoms with Crippen molar-refractivity contribution in [3.05, 3.63) is 42.1 Å². The summed E-state index contributed by atoms with van der Waals surface area (Å²) in [6, 6.07) is 4.06. The SMILES string of the molecule is CN=C(NCCCOCC1CCOCC1)NCc1ccc(-n2ccnc2C)nc1. The zero-order chi connectivity index (χ0) is 20.3. The van der Waals surface area contributed by atoms with E-state index in [9.17, 15) is 0 Å². The Morgan fingerprint density at radius 3 is 2.83 bits per heavy atom. The number of imidazole rings is 1. The number of aromatic nitrogens is 3. The van der Waals surface area contributed by atoms with Gasteiger partial charge in [-0.25, -0.2) is 9.97 Å². The Balaban J connectivity index is 1.31. The topological polar surface area (TPSA) is 85.6 Å². The molecule has 0 radical (unpaired) electrons. The van der Waals surface area contributed by atoms with E-state index in [2.05, 4.69) is 31.7 Å². The van der Waals surface area contributed by atoms with E-state index >= 15 is 0 Å². The molecule has 29 heavy (non-hydrogen) atoms. The first kappa shape index (κ1) is 21.3. The third-order valence-corrected chi connectivity index (χ3v) is 5.02. The first-order chi connectivity index (χ1) is 14.3. The number of pyridine rings is 1. The average molecular weight is 401 g/mol. The van der Waals surface area contributed by atoms with E-state index in [1.54, 1.807) is 13.2 Å². The van der Waals surface area contributed by atoms with E-state index in [1.807, 2.05) is 30.0 Å². The van der Waals surface area contributed by atoms with Crippen molar-refractivity contribution in [3.8, 4) is 5.82 Å². The van der Waals surface area contributed by atoms with E-state index in [-0.39, 0.29) is 0 Å². The second kappa shape index (κ2) is 11.5. The Hall–Kier alpha value is -2.45. The van der Waals surface area contributed by atoms with Crippen molar-refractivity contribution >= 4 is 5.96 Å². The number of nitrogens with one attached hydrogen (secondary N) is 2. The first-order valence-corrected chi connectivity index (χ1v) is 10.3. The number of ether oxygens (including phenoxy) is 2. The van der Waals surface area contributed by atoms with Crippen LogP contribution < -0.4 is 10.6 Å². The van der Waals surface area contributed by atoms with Crippen molar-refractivity contribution in [2.45, 2.75) is 32.7 Å². The lowest BCUT2D eigenvalue weighted by Gasteiger charge is -2.21. The average Bonchev–Trinajstić information content (AvgIpc) is 3.19. The highest BCUT2D eigenvalue weighted by Gasteiger charge is 2.13. The van der Waals surface area contributed by atoms with Gasteiger partial charge in [0.2, 0.25) is 0 Å². The van der Waals surface area contributed by atoms with Crippen LogP contribution in [0.3, 0.4) is 0 Å². The molecule has 0 amide bonds. The maximum absolute atomic E-state index is 5.80. The maximum Gasteiger partial charge on any atom is 0.191 e. The minimum atomic E-state index is 0.656. The van der Waals surface area contributed by atoms with Gasteiger partial charge in [-0.15, -0.1) is 0 Å². The number of rotatable bonds is 9. The minimum Gasteiger partial charge on any atom is -0.381 e. The Morgan fingerprint density at radius 2 is 2.14 bits per heavy atom. The van der Waals surface area contributed by atoms with E-state index in [1.165, 1.54) is 0 Å².